The Morgan fingerprint density at radius 3 is 2.39 bits per heavy atom. The fourth-order valence-electron chi connectivity index (χ4n) is 5.15. The molecule has 4 nitrogen and oxygen atoms in total. The molecule has 1 amide bonds. The summed E-state index contributed by atoms with van der Waals surface area (Å²) in [4.78, 5) is 17.3. The molecule has 1 aromatic carbocycles. The van der Waals surface area contributed by atoms with Gasteiger partial charge in [-0.3, -0.25) is 9.69 Å². The number of nitrogens with zero attached hydrogens (tertiary/aromatic N) is 2. The van der Waals surface area contributed by atoms with E-state index in [0.717, 1.165) is 18.9 Å². The molecule has 1 saturated carbocycles. The lowest BCUT2D eigenvalue weighted by Crippen LogP contribution is -2.48. The topological polar surface area (TPSA) is 35.6 Å². The van der Waals surface area contributed by atoms with E-state index in [1.165, 1.54) is 81.5 Å². The standard InChI is InChI=1S/C24H37N3O/c1-18-14-19(2)16-23(15-18)26-12-9-22(10-13-26)27-11-3-4-20(17-27)5-8-24(28)25-21-6-7-21/h14-16,20-22H,3-13,17H2,1-2H3,(H,25,28). The van der Waals surface area contributed by atoms with Crippen molar-refractivity contribution in [1.82, 2.24) is 10.2 Å². The number of carbonyl (C=O) groups is 1. The number of hydrogen-bond donors (Lipinski definition) is 1. The molecule has 1 atom stereocenters. The highest BCUT2D eigenvalue weighted by Crippen LogP contribution is 2.29. The Morgan fingerprint density at radius 1 is 1.00 bits per heavy atom. The lowest BCUT2D eigenvalue weighted by Gasteiger charge is -2.43. The molecule has 0 radical (unpaired) electrons. The van der Waals surface area contributed by atoms with E-state index in [4.69, 9.17) is 0 Å². The number of amides is 1. The van der Waals surface area contributed by atoms with Gasteiger partial charge >= 0.3 is 0 Å². The van der Waals surface area contributed by atoms with E-state index in [1.807, 2.05) is 0 Å². The average molecular weight is 384 g/mol. The van der Waals surface area contributed by atoms with Gasteiger partial charge in [0.25, 0.3) is 0 Å². The van der Waals surface area contributed by atoms with Gasteiger partial charge in [0.2, 0.25) is 5.91 Å². The summed E-state index contributed by atoms with van der Waals surface area (Å²) in [6, 6.07) is 8.14. The lowest BCUT2D eigenvalue weighted by molar-refractivity contribution is -0.121. The van der Waals surface area contributed by atoms with Gasteiger partial charge in [0.15, 0.2) is 0 Å². The molecule has 1 unspecified atom stereocenters. The van der Waals surface area contributed by atoms with Crippen molar-refractivity contribution < 1.29 is 4.79 Å². The Labute approximate surface area is 170 Å². The van der Waals surface area contributed by atoms with Crippen molar-refractivity contribution in [3.05, 3.63) is 29.3 Å². The Kier molecular flexibility index (Phi) is 6.25. The van der Waals surface area contributed by atoms with Gasteiger partial charge in [0, 0.05) is 43.8 Å². The fourth-order valence-corrected chi connectivity index (χ4v) is 5.15. The van der Waals surface area contributed by atoms with Gasteiger partial charge in [0.05, 0.1) is 0 Å². The number of hydrogen-bond acceptors (Lipinski definition) is 3. The molecule has 1 aromatic rings. The van der Waals surface area contributed by atoms with Crippen LogP contribution < -0.4 is 10.2 Å². The summed E-state index contributed by atoms with van der Waals surface area (Å²) in [6.45, 7) is 9.17. The van der Waals surface area contributed by atoms with Crippen molar-refractivity contribution >= 4 is 11.6 Å². The van der Waals surface area contributed by atoms with Gasteiger partial charge < -0.3 is 10.2 Å². The van der Waals surface area contributed by atoms with Crippen molar-refractivity contribution in [2.75, 3.05) is 31.1 Å². The monoisotopic (exact) mass is 383 g/mol. The molecule has 4 rings (SSSR count). The smallest absolute Gasteiger partial charge is 0.220 e. The van der Waals surface area contributed by atoms with Crippen LogP contribution in [0.3, 0.4) is 0 Å². The molecule has 1 N–H and O–H groups in total. The minimum atomic E-state index is 0.279. The van der Waals surface area contributed by atoms with E-state index < -0.39 is 0 Å². The molecule has 28 heavy (non-hydrogen) atoms. The van der Waals surface area contributed by atoms with Crippen LogP contribution in [0.1, 0.15) is 62.5 Å². The third kappa shape index (κ3) is 5.28. The largest absolute Gasteiger partial charge is 0.371 e. The quantitative estimate of drug-likeness (QED) is 0.805. The maximum atomic E-state index is 12.0. The molecule has 0 aromatic heterocycles. The SMILES string of the molecule is Cc1cc(C)cc(N2CCC(N3CCCC(CCC(=O)NC4CC4)C3)CC2)c1. The molecule has 4 heteroatoms. The van der Waals surface area contributed by atoms with Gasteiger partial charge in [-0.2, -0.15) is 0 Å². The minimum Gasteiger partial charge on any atom is -0.371 e. The Hall–Kier alpha value is -1.55. The van der Waals surface area contributed by atoms with E-state index >= 15 is 0 Å². The van der Waals surface area contributed by atoms with E-state index in [0.29, 0.717) is 12.0 Å². The zero-order chi connectivity index (χ0) is 19.5. The normalized spacial score (nSPS) is 24.4. The molecule has 154 valence electrons. The molecular formula is C24H37N3O. The highest BCUT2D eigenvalue weighted by atomic mass is 16.1. The van der Waals surface area contributed by atoms with Crippen LogP contribution in [0, 0.1) is 19.8 Å². The summed E-state index contributed by atoms with van der Waals surface area (Å²) in [5.74, 6) is 0.984. The van der Waals surface area contributed by atoms with Crippen LogP contribution in [0.25, 0.3) is 0 Å². The van der Waals surface area contributed by atoms with Crippen LogP contribution in [-0.2, 0) is 4.79 Å². The number of rotatable bonds is 6. The molecular weight excluding hydrogens is 346 g/mol. The summed E-state index contributed by atoms with van der Waals surface area (Å²) in [5, 5.41) is 3.14. The number of benzene rings is 1. The van der Waals surface area contributed by atoms with Crippen molar-refractivity contribution in [3.63, 3.8) is 0 Å². The predicted molar refractivity (Wildman–Crippen MR) is 116 cm³/mol. The third-order valence-electron chi connectivity index (χ3n) is 6.82. The van der Waals surface area contributed by atoms with Crippen LogP contribution in [0.4, 0.5) is 5.69 Å². The van der Waals surface area contributed by atoms with E-state index in [-0.39, 0.29) is 5.91 Å². The summed E-state index contributed by atoms with van der Waals surface area (Å²) in [7, 11) is 0. The summed E-state index contributed by atoms with van der Waals surface area (Å²) in [5.41, 5.74) is 4.12. The molecule has 0 bridgehead atoms. The van der Waals surface area contributed by atoms with Gasteiger partial charge in [-0.25, -0.2) is 0 Å². The number of carbonyl (C=O) groups excluding carboxylic acids is 1. The zero-order valence-electron chi connectivity index (χ0n) is 17.8. The van der Waals surface area contributed by atoms with Crippen LogP contribution in [0.2, 0.25) is 0 Å². The van der Waals surface area contributed by atoms with E-state index in [2.05, 4.69) is 47.2 Å². The summed E-state index contributed by atoms with van der Waals surface area (Å²) in [6.07, 6.45) is 9.29. The first-order valence-electron chi connectivity index (χ1n) is 11.4. The van der Waals surface area contributed by atoms with Crippen LogP contribution in [0.15, 0.2) is 18.2 Å². The number of piperidine rings is 2. The van der Waals surface area contributed by atoms with Crippen LogP contribution in [-0.4, -0.2) is 49.1 Å². The zero-order valence-corrected chi connectivity index (χ0v) is 17.8. The molecule has 3 aliphatic rings. The number of anilines is 1. The van der Waals surface area contributed by atoms with Gasteiger partial charge in [-0.1, -0.05) is 6.07 Å². The Bertz CT molecular complexity index is 656. The maximum absolute atomic E-state index is 12.0. The van der Waals surface area contributed by atoms with Gasteiger partial charge in [-0.15, -0.1) is 0 Å². The molecule has 2 heterocycles. The Balaban J connectivity index is 1.24. The average Bonchev–Trinajstić information content (AvgIpc) is 3.50. The first kappa shape index (κ1) is 19.8. The highest BCUT2D eigenvalue weighted by Gasteiger charge is 2.29. The second-order valence-electron chi connectivity index (χ2n) is 9.45. The first-order valence-corrected chi connectivity index (χ1v) is 11.4. The fraction of sp³-hybridized carbons (Fsp3) is 0.708. The van der Waals surface area contributed by atoms with E-state index in [1.54, 1.807) is 0 Å². The molecule has 2 saturated heterocycles. The predicted octanol–water partition coefficient (Wildman–Crippen LogP) is 4.04. The van der Waals surface area contributed by atoms with Gasteiger partial charge in [0.1, 0.15) is 0 Å². The van der Waals surface area contributed by atoms with E-state index in [9.17, 15) is 4.79 Å². The maximum Gasteiger partial charge on any atom is 0.220 e. The Morgan fingerprint density at radius 2 is 1.71 bits per heavy atom. The van der Waals surface area contributed by atoms with Gasteiger partial charge in [-0.05, 0) is 94.5 Å². The van der Waals surface area contributed by atoms with Crippen molar-refractivity contribution in [3.8, 4) is 0 Å². The van der Waals surface area contributed by atoms with Crippen molar-refractivity contribution in [2.24, 2.45) is 5.92 Å². The lowest BCUT2D eigenvalue weighted by atomic mass is 9.90. The third-order valence-corrected chi connectivity index (χ3v) is 6.82. The summed E-state index contributed by atoms with van der Waals surface area (Å²) < 4.78 is 0. The number of aryl methyl sites for hydroxylation is 2. The second-order valence-corrected chi connectivity index (χ2v) is 9.45. The first-order chi connectivity index (χ1) is 13.6. The number of likely N-dealkylation sites (tertiary alicyclic amines) is 1. The molecule has 2 aliphatic heterocycles. The van der Waals surface area contributed by atoms with Crippen molar-refractivity contribution in [2.45, 2.75) is 77.3 Å². The van der Waals surface area contributed by atoms with Crippen LogP contribution in [0.5, 0.6) is 0 Å². The van der Waals surface area contributed by atoms with Crippen molar-refractivity contribution in [1.29, 1.82) is 0 Å². The summed E-state index contributed by atoms with van der Waals surface area (Å²) >= 11 is 0. The minimum absolute atomic E-state index is 0.279. The van der Waals surface area contributed by atoms with Crippen LogP contribution >= 0.6 is 0 Å². The second kappa shape index (κ2) is 8.86. The molecule has 3 fully saturated rings. The number of nitrogens with one attached hydrogen (secondary N) is 1. The molecule has 0 spiro atoms. The highest BCUT2D eigenvalue weighted by molar-refractivity contribution is 5.76. The molecule has 1 aliphatic carbocycles.